The van der Waals surface area contributed by atoms with Crippen molar-refractivity contribution >= 4 is 5.65 Å². The van der Waals surface area contributed by atoms with Crippen molar-refractivity contribution in [2.45, 2.75) is 45.2 Å². The fourth-order valence-corrected chi connectivity index (χ4v) is 4.34. The molecule has 1 fully saturated rings. The molecule has 2 aromatic heterocycles. The summed E-state index contributed by atoms with van der Waals surface area (Å²) in [6.07, 6.45) is 6.68. The van der Waals surface area contributed by atoms with E-state index in [1.54, 1.807) is 23.8 Å². The number of quaternary nitrogens is 1. The molecular formula is C23H28N3O2+. The summed E-state index contributed by atoms with van der Waals surface area (Å²) in [4.78, 5) is 18.9. The molecular weight excluding hydrogens is 350 g/mol. The van der Waals surface area contributed by atoms with Crippen LogP contribution in [-0.4, -0.2) is 23.0 Å². The van der Waals surface area contributed by atoms with Crippen molar-refractivity contribution in [3.05, 3.63) is 75.8 Å². The first-order valence-corrected chi connectivity index (χ1v) is 10.1. The minimum atomic E-state index is -0.00100. The lowest BCUT2D eigenvalue weighted by Gasteiger charge is -2.27. The summed E-state index contributed by atoms with van der Waals surface area (Å²) < 4.78 is 6.95. The highest BCUT2D eigenvalue weighted by Crippen LogP contribution is 2.22. The van der Waals surface area contributed by atoms with Gasteiger partial charge in [-0.1, -0.05) is 6.07 Å². The number of nitrogens with one attached hydrogen (secondary N) is 1. The number of aromatic nitrogens is 2. The van der Waals surface area contributed by atoms with Crippen LogP contribution in [-0.2, 0) is 6.54 Å². The average Bonchev–Trinajstić information content (AvgIpc) is 2.94. The Labute approximate surface area is 165 Å². The highest BCUT2D eigenvalue weighted by Gasteiger charge is 2.27. The third kappa shape index (κ3) is 3.80. The van der Waals surface area contributed by atoms with Crippen molar-refractivity contribution in [1.82, 2.24) is 9.38 Å². The first-order valence-electron chi connectivity index (χ1n) is 10.1. The number of fused-ring (bicyclic) bond motifs is 1. The fourth-order valence-electron chi connectivity index (χ4n) is 4.34. The Bertz CT molecular complexity index is 1010. The summed E-state index contributed by atoms with van der Waals surface area (Å²) in [7, 11) is 1.70. The second-order valence-electron chi connectivity index (χ2n) is 7.73. The SMILES string of the molecule is COc1ccc([C@@H]2CCCCC[NH+]2Cc2cc(=O)n3cccc(C)c3n2)cc1. The van der Waals surface area contributed by atoms with Gasteiger partial charge in [0.05, 0.1) is 13.7 Å². The molecule has 5 nitrogen and oxygen atoms in total. The minimum Gasteiger partial charge on any atom is -0.497 e. The topological polar surface area (TPSA) is 48.0 Å². The van der Waals surface area contributed by atoms with E-state index in [4.69, 9.17) is 9.72 Å². The predicted molar refractivity (Wildman–Crippen MR) is 110 cm³/mol. The van der Waals surface area contributed by atoms with E-state index in [1.807, 2.05) is 31.2 Å². The summed E-state index contributed by atoms with van der Waals surface area (Å²) in [6.45, 7) is 3.88. The van der Waals surface area contributed by atoms with Crippen molar-refractivity contribution in [3.8, 4) is 5.75 Å². The highest BCUT2D eigenvalue weighted by atomic mass is 16.5. The van der Waals surface area contributed by atoms with Gasteiger partial charge in [0.1, 0.15) is 29.7 Å². The van der Waals surface area contributed by atoms with Gasteiger partial charge in [0.25, 0.3) is 5.56 Å². The predicted octanol–water partition coefficient (Wildman–Crippen LogP) is 2.71. The van der Waals surface area contributed by atoms with E-state index in [1.165, 1.54) is 29.7 Å². The molecule has 1 aliphatic rings. The summed E-state index contributed by atoms with van der Waals surface area (Å²) in [6, 6.07) is 14.5. The Kier molecular flexibility index (Phi) is 5.44. The largest absolute Gasteiger partial charge is 0.497 e. The van der Waals surface area contributed by atoms with E-state index in [9.17, 15) is 4.79 Å². The average molecular weight is 378 g/mol. The number of pyridine rings is 1. The summed E-state index contributed by atoms with van der Waals surface area (Å²) >= 11 is 0. The number of nitrogens with zero attached hydrogens (tertiary/aromatic N) is 2. The molecule has 0 radical (unpaired) electrons. The van der Waals surface area contributed by atoms with Gasteiger partial charge in [0.2, 0.25) is 0 Å². The zero-order chi connectivity index (χ0) is 19.5. The number of ether oxygens (including phenoxy) is 1. The van der Waals surface area contributed by atoms with Gasteiger partial charge in [0, 0.05) is 24.2 Å². The molecule has 1 aliphatic heterocycles. The Morgan fingerprint density at radius 1 is 1.18 bits per heavy atom. The Morgan fingerprint density at radius 2 is 2.00 bits per heavy atom. The molecule has 3 aromatic rings. The molecule has 2 atom stereocenters. The van der Waals surface area contributed by atoms with Crippen molar-refractivity contribution in [3.63, 3.8) is 0 Å². The summed E-state index contributed by atoms with van der Waals surface area (Å²) in [5.41, 5.74) is 4.01. The fraction of sp³-hybridized carbons (Fsp3) is 0.391. The van der Waals surface area contributed by atoms with Gasteiger partial charge in [-0.15, -0.1) is 0 Å². The minimum absolute atomic E-state index is 0.00100. The maximum absolute atomic E-state index is 12.6. The van der Waals surface area contributed by atoms with Gasteiger partial charge in [-0.25, -0.2) is 4.98 Å². The number of likely N-dealkylation sites (tertiary alicyclic amines) is 1. The molecule has 1 aromatic carbocycles. The lowest BCUT2D eigenvalue weighted by molar-refractivity contribution is -0.944. The van der Waals surface area contributed by atoms with E-state index in [0.29, 0.717) is 6.04 Å². The molecule has 0 amide bonds. The molecule has 28 heavy (non-hydrogen) atoms. The Morgan fingerprint density at radius 3 is 2.79 bits per heavy atom. The summed E-state index contributed by atoms with van der Waals surface area (Å²) in [5, 5.41) is 0. The molecule has 5 heteroatoms. The van der Waals surface area contributed by atoms with Gasteiger partial charge in [-0.05, 0) is 62.1 Å². The van der Waals surface area contributed by atoms with Crippen LogP contribution in [0.2, 0.25) is 0 Å². The van der Waals surface area contributed by atoms with Crippen molar-refractivity contribution in [1.29, 1.82) is 0 Å². The van der Waals surface area contributed by atoms with Crippen molar-refractivity contribution < 1.29 is 9.64 Å². The van der Waals surface area contributed by atoms with Crippen LogP contribution in [0.4, 0.5) is 0 Å². The van der Waals surface area contributed by atoms with E-state index >= 15 is 0 Å². The molecule has 1 N–H and O–H groups in total. The molecule has 0 bridgehead atoms. The normalized spacial score (nSPS) is 20.1. The van der Waals surface area contributed by atoms with E-state index < -0.39 is 0 Å². The number of hydrogen-bond acceptors (Lipinski definition) is 3. The second kappa shape index (κ2) is 8.15. The molecule has 1 saturated heterocycles. The van der Waals surface area contributed by atoms with E-state index in [0.717, 1.165) is 42.2 Å². The van der Waals surface area contributed by atoms with Crippen LogP contribution in [0.25, 0.3) is 5.65 Å². The third-order valence-corrected chi connectivity index (χ3v) is 5.85. The van der Waals surface area contributed by atoms with Crippen molar-refractivity contribution in [2.75, 3.05) is 13.7 Å². The lowest BCUT2D eigenvalue weighted by atomic mass is 10.0. The van der Waals surface area contributed by atoms with Crippen LogP contribution in [0.5, 0.6) is 5.75 Å². The van der Waals surface area contributed by atoms with Gasteiger partial charge in [0.15, 0.2) is 0 Å². The van der Waals surface area contributed by atoms with Crippen LogP contribution >= 0.6 is 0 Å². The summed E-state index contributed by atoms with van der Waals surface area (Å²) in [5.74, 6) is 0.888. The number of benzene rings is 1. The van der Waals surface area contributed by atoms with E-state index in [-0.39, 0.29) is 5.56 Å². The van der Waals surface area contributed by atoms with Crippen LogP contribution in [0.3, 0.4) is 0 Å². The van der Waals surface area contributed by atoms with Crippen molar-refractivity contribution in [2.24, 2.45) is 0 Å². The van der Waals surface area contributed by atoms with Crippen LogP contribution < -0.4 is 15.2 Å². The quantitative estimate of drug-likeness (QED) is 0.759. The highest BCUT2D eigenvalue weighted by molar-refractivity contribution is 5.46. The first kappa shape index (κ1) is 18.7. The molecule has 146 valence electrons. The molecule has 0 saturated carbocycles. The zero-order valence-corrected chi connectivity index (χ0v) is 16.6. The maximum atomic E-state index is 12.6. The Balaban J connectivity index is 1.66. The van der Waals surface area contributed by atoms with Crippen LogP contribution in [0, 0.1) is 6.92 Å². The monoisotopic (exact) mass is 378 g/mol. The van der Waals surface area contributed by atoms with Gasteiger partial charge < -0.3 is 9.64 Å². The van der Waals surface area contributed by atoms with E-state index in [2.05, 4.69) is 12.1 Å². The van der Waals surface area contributed by atoms with Crippen LogP contribution in [0.15, 0.2) is 53.5 Å². The van der Waals surface area contributed by atoms with Gasteiger partial charge in [-0.3, -0.25) is 9.20 Å². The number of aryl methyl sites for hydroxylation is 1. The zero-order valence-electron chi connectivity index (χ0n) is 16.6. The number of rotatable bonds is 4. The second-order valence-corrected chi connectivity index (χ2v) is 7.73. The molecule has 1 unspecified atom stereocenters. The van der Waals surface area contributed by atoms with Gasteiger partial charge in [-0.2, -0.15) is 0 Å². The molecule has 4 rings (SSSR count). The molecule has 0 aliphatic carbocycles. The standard InChI is InChI=1S/C23H27N3O2/c1-17-7-6-14-26-22(27)15-19(24-23(17)26)16-25-13-5-3-4-8-21(25)18-9-11-20(28-2)12-10-18/h6-7,9-12,14-15,21H,3-5,8,13,16H2,1-2H3/p+1/t21-/m0/s1. The molecule has 3 heterocycles. The maximum Gasteiger partial charge on any atom is 0.258 e. The first-order chi connectivity index (χ1) is 13.7. The van der Waals surface area contributed by atoms with Crippen LogP contribution in [0.1, 0.15) is 48.5 Å². The number of methoxy groups -OCH3 is 1. The van der Waals surface area contributed by atoms with Gasteiger partial charge >= 0.3 is 0 Å². The third-order valence-electron chi connectivity index (χ3n) is 5.85. The smallest absolute Gasteiger partial charge is 0.258 e. The lowest BCUT2D eigenvalue weighted by Crippen LogP contribution is -3.10. The Hall–Kier alpha value is -2.66. The number of hydrogen-bond donors (Lipinski definition) is 1. The molecule has 0 spiro atoms.